The van der Waals surface area contributed by atoms with Gasteiger partial charge in [0.15, 0.2) is 0 Å². The molecule has 0 unspecified atom stereocenters. The Hall–Kier alpha value is -4.17. The summed E-state index contributed by atoms with van der Waals surface area (Å²) in [5, 5.41) is 11.9. The van der Waals surface area contributed by atoms with Crippen LogP contribution in [0.1, 0.15) is 12.7 Å². The molecule has 0 saturated carbocycles. The van der Waals surface area contributed by atoms with Gasteiger partial charge in [-0.15, -0.1) is 10.2 Å². The number of carbonyl (C=O) groups excluding carboxylic acids is 1. The van der Waals surface area contributed by atoms with Gasteiger partial charge in [-0.05, 0) is 79.7 Å². The molecule has 0 fully saturated rings. The van der Waals surface area contributed by atoms with Crippen LogP contribution in [-0.2, 0) is 4.79 Å². The van der Waals surface area contributed by atoms with Crippen LogP contribution in [0.15, 0.2) is 93.8 Å². The monoisotopic (exact) mass is 528 g/mol. The molecule has 1 N–H and O–H groups in total. The average Bonchev–Trinajstić information content (AvgIpc) is 3.51. The van der Waals surface area contributed by atoms with Crippen molar-refractivity contribution < 1.29 is 13.9 Å². The predicted octanol–water partition coefficient (Wildman–Crippen LogP) is 6.49. The molecule has 0 atom stereocenters. The van der Waals surface area contributed by atoms with Gasteiger partial charge in [0, 0.05) is 21.8 Å². The molecular weight excluding hydrogens is 508 g/mol. The Bertz CT molecular complexity index is 1500. The first kappa shape index (κ1) is 22.6. The van der Waals surface area contributed by atoms with Crippen molar-refractivity contribution in [3.05, 3.63) is 95.2 Å². The second-order valence-corrected chi connectivity index (χ2v) is 8.57. The third-order valence-electron chi connectivity index (χ3n) is 5.18. The summed E-state index contributed by atoms with van der Waals surface area (Å²) in [6.07, 6.45) is 3.07. The summed E-state index contributed by atoms with van der Waals surface area (Å²) in [6, 6.07) is 24.5. The van der Waals surface area contributed by atoms with Gasteiger partial charge in [-0.25, -0.2) is 0 Å². The van der Waals surface area contributed by atoms with Crippen molar-refractivity contribution in [2.24, 2.45) is 0 Å². The van der Waals surface area contributed by atoms with Crippen molar-refractivity contribution in [3.63, 3.8) is 0 Å². The number of furan rings is 1. The van der Waals surface area contributed by atoms with Gasteiger partial charge in [-0.3, -0.25) is 4.79 Å². The third kappa shape index (κ3) is 5.33. The molecular formula is C27H21BrN4O3. The van der Waals surface area contributed by atoms with Crippen LogP contribution in [0.5, 0.6) is 5.75 Å². The molecule has 0 bridgehead atoms. The van der Waals surface area contributed by atoms with E-state index in [1.807, 2.05) is 73.7 Å². The average molecular weight is 529 g/mol. The van der Waals surface area contributed by atoms with E-state index in [4.69, 9.17) is 9.15 Å². The van der Waals surface area contributed by atoms with E-state index in [0.29, 0.717) is 23.6 Å². The maximum atomic E-state index is 12.5. The lowest BCUT2D eigenvalue weighted by atomic mass is 10.2. The second kappa shape index (κ2) is 9.99. The fraction of sp³-hybridized carbons (Fsp3) is 0.0741. The fourth-order valence-corrected chi connectivity index (χ4v) is 3.77. The van der Waals surface area contributed by atoms with E-state index in [1.165, 1.54) is 6.08 Å². The first-order valence-corrected chi connectivity index (χ1v) is 11.8. The summed E-state index contributed by atoms with van der Waals surface area (Å²) in [4.78, 5) is 14.0. The quantitative estimate of drug-likeness (QED) is 0.244. The summed E-state index contributed by atoms with van der Waals surface area (Å²) < 4.78 is 12.3. The highest BCUT2D eigenvalue weighted by molar-refractivity contribution is 9.10. The van der Waals surface area contributed by atoms with Crippen molar-refractivity contribution in [2.75, 3.05) is 11.9 Å². The number of hydrogen-bond donors (Lipinski definition) is 1. The number of benzene rings is 3. The van der Waals surface area contributed by atoms with E-state index < -0.39 is 0 Å². The van der Waals surface area contributed by atoms with Gasteiger partial charge in [-0.1, -0.05) is 28.1 Å². The Morgan fingerprint density at radius 2 is 1.77 bits per heavy atom. The Balaban J connectivity index is 1.26. The minimum absolute atomic E-state index is 0.273. The molecule has 0 spiro atoms. The second-order valence-electron chi connectivity index (χ2n) is 7.65. The van der Waals surface area contributed by atoms with Crippen molar-refractivity contribution in [3.8, 4) is 22.8 Å². The van der Waals surface area contributed by atoms with E-state index in [0.717, 1.165) is 32.8 Å². The zero-order chi connectivity index (χ0) is 24.2. The van der Waals surface area contributed by atoms with Crippen molar-refractivity contribution in [1.82, 2.24) is 15.0 Å². The minimum atomic E-state index is -0.273. The van der Waals surface area contributed by atoms with Crippen molar-refractivity contribution in [1.29, 1.82) is 0 Å². The Labute approximate surface area is 210 Å². The fourth-order valence-electron chi connectivity index (χ4n) is 3.50. The number of halogens is 1. The Morgan fingerprint density at radius 1 is 1.00 bits per heavy atom. The summed E-state index contributed by atoms with van der Waals surface area (Å²) in [7, 11) is 0. The molecule has 0 radical (unpaired) electrons. The maximum Gasteiger partial charge on any atom is 0.248 e. The van der Waals surface area contributed by atoms with E-state index in [-0.39, 0.29) is 5.91 Å². The molecule has 7 nitrogen and oxygen atoms in total. The molecule has 5 aromatic rings. The number of aromatic nitrogens is 3. The molecule has 0 aliphatic carbocycles. The highest BCUT2D eigenvalue weighted by Crippen LogP contribution is 2.25. The number of nitrogens with zero attached hydrogens (tertiary/aromatic N) is 3. The summed E-state index contributed by atoms with van der Waals surface area (Å²) >= 11 is 3.42. The number of hydrogen-bond acceptors (Lipinski definition) is 5. The van der Waals surface area contributed by atoms with E-state index in [2.05, 4.69) is 31.4 Å². The molecule has 0 saturated heterocycles. The largest absolute Gasteiger partial charge is 0.494 e. The first-order chi connectivity index (χ1) is 17.1. The molecule has 8 heteroatoms. The zero-order valence-corrected chi connectivity index (χ0v) is 20.4. The summed E-state index contributed by atoms with van der Waals surface area (Å²) in [6.45, 7) is 2.56. The standard InChI is InChI=1S/C27H21BrN4O3/c1-2-34-22-10-8-21(9-11-22)32-30-24-14-7-20(17-25(24)31-32)29-27(33)16-13-23-12-15-26(35-23)18-3-5-19(28)6-4-18/h3-17H,2H2,1H3,(H,29,33)/b16-13+. The van der Waals surface area contributed by atoms with E-state index >= 15 is 0 Å². The lowest BCUT2D eigenvalue weighted by molar-refractivity contribution is -0.111. The summed E-state index contributed by atoms with van der Waals surface area (Å²) in [5.41, 5.74) is 3.80. The first-order valence-electron chi connectivity index (χ1n) is 11.0. The van der Waals surface area contributed by atoms with Gasteiger partial charge in [0.2, 0.25) is 5.91 Å². The van der Waals surface area contributed by atoms with Crippen LogP contribution in [0.4, 0.5) is 5.69 Å². The van der Waals surface area contributed by atoms with Crippen LogP contribution in [-0.4, -0.2) is 27.5 Å². The van der Waals surface area contributed by atoms with Crippen LogP contribution in [0.3, 0.4) is 0 Å². The summed E-state index contributed by atoms with van der Waals surface area (Å²) in [5.74, 6) is 1.85. The van der Waals surface area contributed by atoms with Crippen LogP contribution in [0.25, 0.3) is 34.1 Å². The molecule has 2 heterocycles. The van der Waals surface area contributed by atoms with E-state index in [1.54, 1.807) is 23.0 Å². The van der Waals surface area contributed by atoms with Crippen LogP contribution < -0.4 is 10.1 Å². The maximum absolute atomic E-state index is 12.5. The number of nitrogens with one attached hydrogen (secondary N) is 1. The molecule has 2 aromatic heterocycles. The molecule has 35 heavy (non-hydrogen) atoms. The number of ether oxygens (including phenoxy) is 1. The van der Waals surface area contributed by atoms with Gasteiger partial charge in [0.05, 0.1) is 12.3 Å². The zero-order valence-electron chi connectivity index (χ0n) is 18.8. The topological polar surface area (TPSA) is 82.2 Å². The number of anilines is 1. The van der Waals surface area contributed by atoms with Crippen LogP contribution in [0.2, 0.25) is 0 Å². The number of rotatable bonds is 7. The van der Waals surface area contributed by atoms with Crippen LogP contribution >= 0.6 is 15.9 Å². The molecule has 174 valence electrons. The van der Waals surface area contributed by atoms with Gasteiger partial charge >= 0.3 is 0 Å². The minimum Gasteiger partial charge on any atom is -0.494 e. The normalized spacial score (nSPS) is 11.3. The SMILES string of the molecule is CCOc1ccc(-n2nc3ccc(NC(=O)/C=C/c4ccc(-c5ccc(Br)cc5)o4)cc3n2)cc1. The Kier molecular flexibility index (Phi) is 6.45. The number of carbonyl (C=O) groups is 1. The van der Waals surface area contributed by atoms with Gasteiger partial charge in [0.25, 0.3) is 0 Å². The predicted molar refractivity (Wildman–Crippen MR) is 140 cm³/mol. The molecule has 0 aliphatic heterocycles. The highest BCUT2D eigenvalue weighted by Gasteiger charge is 2.08. The lowest BCUT2D eigenvalue weighted by Crippen LogP contribution is -2.07. The Morgan fingerprint density at radius 3 is 2.54 bits per heavy atom. The highest BCUT2D eigenvalue weighted by atomic mass is 79.9. The number of amides is 1. The molecule has 5 rings (SSSR count). The molecule has 0 aliphatic rings. The van der Waals surface area contributed by atoms with Gasteiger partial charge < -0.3 is 14.5 Å². The van der Waals surface area contributed by atoms with Gasteiger partial charge in [-0.2, -0.15) is 4.80 Å². The molecule has 1 amide bonds. The number of fused-ring (bicyclic) bond motifs is 1. The third-order valence-corrected chi connectivity index (χ3v) is 5.71. The smallest absolute Gasteiger partial charge is 0.248 e. The lowest BCUT2D eigenvalue weighted by Gasteiger charge is -2.03. The van der Waals surface area contributed by atoms with Crippen LogP contribution in [0, 0.1) is 0 Å². The molecule has 3 aromatic carbocycles. The van der Waals surface area contributed by atoms with Crippen molar-refractivity contribution in [2.45, 2.75) is 6.92 Å². The van der Waals surface area contributed by atoms with Crippen molar-refractivity contribution >= 4 is 44.6 Å². The van der Waals surface area contributed by atoms with Gasteiger partial charge in [0.1, 0.15) is 28.3 Å². The van der Waals surface area contributed by atoms with E-state index in [9.17, 15) is 4.79 Å².